The fourth-order valence-corrected chi connectivity index (χ4v) is 2.07. The largest absolute Gasteiger partial charge is 0.496 e. The van der Waals surface area contributed by atoms with E-state index in [4.69, 9.17) is 9.84 Å². The fourth-order valence-electron chi connectivity index (χ4n) is 2.07. The van der Waals surface area contributed by atoms with Crippen molar-refractivity contribution in [2.75, 3.05) is 20.3 Å². The Hall–Kier alpha value is -1.13. The lowest BCUT2D eigenvalue weighted by molar-refractivity contribution is 0.157. The number of pyridine rings is 1. The molecule has 0 fully saturated rings. The summed E-state index contributed by atoms with van der Waals surface area (Å²) in [6, 6.07) is 0.380. The first-order valence-corrected chi connectivity index (χ1v) is 6.35. The third-order valence-corrected chi connectivity index (χ3v) is 3.22. The second-order valence-electron chi connectivity index (χ2n) is 4.83. The molecule has 18 heavy (non-hydrogen) atoms. The fraction of sp³-hybridized carbons (Fsp3) is 0.643. The predicted octanol–water partition coefficient (Wildman–Crippen LogP) is 1.91. The van der Waals surface area contributed by atoms with Crippen LogP contribution in [0.3, 0.4) is 0 Å². The monoisotopic (exact) mass is 252 g/mol. The van der Waals surface area contributed by atoms with Gasteiger partial charge < -0.3 is 9.84 Å². The average molecular weight is 252 g/mol. The number of aromatic nitrogens is 1. The Morgan fingerprint density at radius 2 is 2.06 bits per heavy atom. The Labute approximate surface area is 110 Å². The normalized spacial score (nSPS) is 11.3. The minimum absolute atomic E-state index is 0.167. The van der Waals surface area contributed by atoms with Crippen LogP contribution in [0.4, 0.5) is 0 Å². The van der Waals surface area contributed by atoms with E-state index in [-0.39, 0.29) is 6.61 Å². The van der Waals surface area contributed by atoms with E-state index in [0.717, 1.165) is 29.1 Å². The van der Waals surface area contributed by atoms with E-state index in [1.165, 1.54) is 0 Å². The topological polar surface area (TPSA) is 45.6 Å². The number of nitrogens with zero attached hydrogens (tertiary/aromatic N) is 2. The van der Waals surface area contributed by atoms with Gasteiger partial charge in [-0.2, -0.15) is 0 Å². The minimum atomic E-state index is 0.167. The van der Waals surface area contributed by atoms with Crippen molar-refractivity contribution >= 4 is 0 Å². The van der Waals surface area contributed by atoms with Crippen LogP contribution < -0.4 is 4.74 Å². The highest BCUT2D eigenvalue weighted by Crippen LogP contribution is 2.24. The molecule has 102 valence electrons. The van der Waals surface area contributed by atoms with Crippen LogP contribution in [0.25, 0.3) is 0 Å². The van der Waals surface area contributed by atoms with Gasteiger partial charge in [-0.15, -0.1) is 0 Å². The Kier molecular flexibility index (Phi) is 5.56. The molecule has 0 aliphatic carbocycles. The van der Waals surface area contributed by atoms with Crippen molar-refractivity contribution in [1.29, 1.82) is 0 Å². The Bertz CT molecular complexity index is 392. The molecule has 1 rings (SSSR count). The number of aryl methyl sites for hydroxylation is 1. The molecule has 0 unspecified atom stereocenters. The molecule has 4 heteroatoms. The van der Waals surface area contributed by atoms with Crippen molar-refractivity contribution in [3.8, 4) is 5.75 Å². The second kappa shape index (κ2) is 6.71. The van der Waals surface area contributed by atoms with Gasteiger partial charge in [0, 0.05) is 36.5 Å². The molecule has 1 aromatic heterocycles. The van der Waals surface area contributed by atoms with Crippen molar-refractivity contribution < 1.29 is 9.84 Å². The summed E-state index contributed by atoms with van der Waals surface area (Å²) in [6.07, 6.45) is 1.85. The van der Waals surface area contributed by atoms with Crippen molar-refractivity contribution in [2.45, 2.75) is 40.3 Å². The zero-order valence-corrected chi connectivity index (χ0v) is 12.0. The smallest absolute Gasteiger partial charge is 0.128 e. The lowest BCUT2D eigenvalue weighted by atomic mass is 10.1. The molecule has 0 bridgehead atoms. The van der Waals surface area contributed by atoms with Gasteiger partial charge in [0.05, 0.1) is 19.4 Å². The summed E-state index contributed by atoms with van der Waals surface area (Å²) < 4.78 is 5.41. The van der Waals surface area contributed by atoms with Gasteiger partial charge in [0.25, 0.3) is 0 Å². The van der Waals surface area contributed by atoms with Gasteiger partial charge >= 0.3 is 0 Å². The molecular formula is C14H24N2O2. The van der Waals surface area contributed by atoms with Crippen molar-refractivity contribution in [3.05, 3.63) is 23.0 Å². The molecule has 0 atom stereocenters. The SMILES string of the molecule is COc1c(C)cnc(CN(CCO)C(C)C)c1C. The first-order valence-electron chi connectivity index (χ1n) is 6.35. The van der Waals surface area contributed by atoms with Crippen LogP contribution in [0.15, 0.2) is 6.20 Å². The third-order valence-electron chi connectivity index (χ3n) is 3.22. The van der Waals surface area contributed by atoms with E-state index in [1.54, 1.807) is 7.11 Å². The van der Waals surface area contributed by atoms with Gasteiger partial charge in [0.2, 0.25) is 0 Å². The van der Waals surface area contributed by atoms with Crippen LogP contribution in [0.5, 0.6) is 5.75 Å². The van der Waals surface area contributed by atoms with Gasteiger partial charge in [-0.3, -0.25) is 9.88 Å². The van der Waals surface area contributed by atoms with Gasteiger partial charge in [0.1, 0.15) is 5.75 Å². The molecule has 0 radical (unpaired) electrons. The molecule has 0 saturated heterocycles. The zero-order valence-electron chi connectivity index (χ0n) is 12.0. The summed E-state index contributed by atoms with van der Waals surface area (Å²) in [7, 11) is 1.69. The van der Waals surface area contributed by atoms with Crippen LogP contribution in [-0.4, -0.2) is 41.3 Å². The minimum Gasteiger partial charge on any atom is -0.496 e. The number of hydrogen-bond acceptors (Lipinski definition) is 4. The van der Waals surface area contributed by atoms with Gasteiger partial charge in [-0.05, 0) is 27.7 Å². The molecular weight excluding hydrogens is 228 g/mol. The van der Waals surface area contributed by atoms with Crippen molar-refractivity contribution in [2.24, 2.45) is 0 Å². The van der Waals surface area contributed by atoms with E-state index in [0.29, 0.717) is 12.6 Å². The predicted molar refractivity (Wildman–Crippen MR) is 72.9 cm³/mol. The summed E-state index contributed by atoms with van der Waals surface area (Å²) in [5.41, 5.74) is 3.15. The zero-order chi connectivity index (χ0) is 13.7. The summed E-state index contributed by atoms with van der Waals surface area (Å²) in [5.74, 6) is 0.910. The van der Waals surface area contributed by atoms with Crippen LogP contribution in [0.2, 0.25) is 0 Å². The Morgan fingerprint density at radius 3 is 2.56 bits per heavy atom. The second-order valence-corrected chi connectivity index (χ2v) is 4.83. The van der Waals surface area contributed by atoms with Gasteiger partial charge in [0.15, 0.2) is 0 Å². The summed E-state index contributed by atoms with van der Waals surface area (Å²) in [6.45, 7) is 9.84. The highest BCUT2D eigenvalue weighted by Gasteiger charge is 2.15. The van der Waals surface area contributed by atoms with Gasteiger partial charge in [-0.1, -0.05) is 0 Å². The van der Waals surface area contributed by atoms with Crippen molar-refractivity contribution in [1.82, 2.24) is 9.88 Å². The molecule has 0 aromatic carbocycles. The maximum atomic E-state index is 9.09. The van der Waals surface area contributed by atoms with Crippen LogP contribution in [0, 0.1) is 13.8 Å². The highest BCUT2D eigenvalue weighted by atomic mass is 16.5. The Balaban J connectivity index is 2.96. The number of methoxy groups -OCH3 is 1. The van der Waals surface area contributed by atoms with E-state index >= 15 is 0 Å². The van der Waals surface area contributed by atoms with E-state index < -0.39 is 0 Å². The quantitative estimate of drug-likeness (QED) is 0.840. The van der Waals surface area contributed by atoms with Crippen LogP contribution >= 0.6 is 0 Å². The molecule has 0 saturated carbocycles. The summed E-state index contributed by atoms with van der Waals surface area (Å²) >= 11 is 0. The number of aliphatic hydroxyl groups is 1. The number of aliphatic hydroxyl groups excluding tert-OH is 1. The van der Waals surface area contributed by atoms with Gasteiger partial charge in [-0.25, -0.2) is 0 Å². The standard InChI is InChI=1S/C14H24N2O2/c1-10(2)16(6-7-17)9-13-12(4)14(18-5)11(3)8-15-13/h8,10,17H,6-7,9H2,1-5H3. The molecule has 1 heterocycles. The highest BCUT2D eigenvalue weighted by molar-refractivity contribution is 5.41. The van der Waals surface area contributed by atoms with Crippen molar-refractivity contribution in [3.63, 3.8) is 0 Å². The number of hydrogen-bond donors (Lipinski definition) is 1. The lowest BCUT2D eigenvalue weighted by Gasteiger charge is -2.26. The molecule has 0 aliphatic heterocycles. The lowest BCUT2D eigenvalue weighted by Crippen LogP contribution is -2.33. The first-order chi connectivity index (χ1) is 8.51. The maximum absolute atomic E-state index is 9.09. The summed E-state index contributed by atoms with van der Waals surface area (Å²) in [5, 5.41) is 9.09. The molecule has 0 spiro atoms. The molecule has 1 N–H and O–H groups in total. The summed E-state index contributed by atoms with van der Waals surface area (Å²) in [4.78, 5) is 6.69. The molecule has 1 aromatic rings. The number of ether oxygens (including phenoxy) is 1. The first kappa shape index (κ1) is 14.9. The van der Waals surface area contributed by atoms with E-state index in [1.807, 2.05) is 20.0 Å². The van der Waals surface area contributed by atoms with E-state index in [9.17, 15) is 0 Å². The van der Waals surface area contributed by atoms with E-state index in [2.05, 4.69) is 23.7 Å². The average Bonchev–Trinajstić information content (AvgIpc) is 2.32. The molecule has 0 aliphatic rings. The Morgan fingerprint density at radius 1 is 1.39 bits per heavy atom. The molecule has 0 amide bonds. The maximum Gasteiger partial charge on any atom is 0.128 e. The van der Waals surface area contributed by atoms with Crippen LogP contribution in [0.1, 0.15) is 30.7 Å². The van der Waals surface area contributed by atoms with Crippen LogP contribution in [-0.2, 0) is 6.54 Å². The molecule has 4 nitrogen and oxygen atoms in total. The number of rotatable bonds is 6. The third kappa shape index (κ3) is 3.43.